The van der Waals surface area contributed by atoms with Crippen molar-refractivity contribution >= 4 is 0 Å². The second-order valence-electron chi connectivity index (χ2n) is 3.02. The molecule has 0 bridgehead atoms. The first kappa shape index (κ1) is 8.85. The molecule has 1 rings (SSSR count). The number of rotatable bonds is 3. The van der Waals surface area contributed by atoms with Gasteiger partial charge in [0.1, 0.15) is 5.75 Å². The summed E-state index contributed by atoms with van der Waals surface area (Å²) in [5.74, 6) is 0.776. The Labute approximate surface area is 73.4 Å². The second-order valence-corrected chi connectivity index (χ2v) is 3.02. The molecule has 0 spiro atoms. The molecule has 1 atom stereocenters. The predicted molar refractivity (Wildman–Crippen MR) is 51.3 cm³/mol. The molecule has 0 radical (unpaired) electrons. The van der Waals surface area contributed by atoms with Gasteiger partial charge in [-0.2, -0.15) is 0 Å². The molecule has 0 aliphatic rings. The number of allylic oxidation sites excluding steroid dienone is 1. The molecule has 0 aliphatic heterocycles. The minimum Gasteiger partial charge on any atom is -0.508 e. The third-order valence-corrected chi connectivity index (χ3v) is 1.96. The van der Waals surface area contributed by atoms with Crippen molar-refractivity contribution in [1.82, 2.24) is 0 Å². The molecule has 0 saturated carbocycles. The van der Waals surface area contributed by atoms with Crippen molar-refractivity contribution in [2.24, 2.45) is 0 Å². The van der Waals surface area contributed by atoms with Crippen LogP contribution in [-0.2, 0) is 0 Å². The molecule has 64 valence electrons. The summed E-state index contributed by atoms with van der Waals surface area (Å²) in [6, 6.07) is 7.37. The first-order valence-corrected chi connectivity index (χ1v) is 4.14. The molecule has 0 saturated heterocycles. The molecule has 1 nitrogen and oxygen atoms in total. The largest absolute Gasteiger partial charge is 0.508 e. The molecule has 1 heteroatoms. The van der Waals surface area contributed by atoms with E-state index < -0.39 is 0 Å². The Morgan fingerprint density at radius 1 is 1.58 bits per heavy atom. The third kappa shape index (κ3) is 2.12. The van der Waals surface area contributed by atoms with E-state index in [2.05, 4.69) is 13.5 Å². The van der Waals surface area contributed by atoms with Crippen molar-refractivity contribution in [3.63, 3.8) is 0 Å². The normalized spacial score (nSPS) is 12.4. The van der Waals surface area contributed by atoms with E-state index in [1.54, 1.807) is 12.1 Å². The molecule has 1 unspecified atom stereocenters. The Morgan fingerprint density at radius 3 is 2.92 bits per heavy atom. The molecule has 1 aromatic carbocycles. The van der Waals surface area contributed by atoms with Gasteiger partial charge in [0.2, 0.25) is 0 Å². The Kier molecular flexibility index (Phi) is 2.92. The van der Waals surface area contributed by atoms with Gasteiger partial charge < -0.3 is 5.11 Å². The van der Waals surface area contributed by atoms with Crippen LogP contribution in [0.3, 0.4) is 0 Å². The lowest BCUT2D eigenvalue weighted by molar-refractivity contribution is 0.474. The van der Waals surface area contributed by atoms with Gasteiger partial charge in [-0.1, -0.05) is 25.1 Å². The molecule has 0 heterocycles. The van der Waals surface area contributed by atoms with Crippen LogP contribution in [0.15, 0.2) is 36.9 Å². The van der Waals surface area contributed by atoms with Crippen LogP contribution in [-0.4, -0.2) is 5.11 Å². The topological polar surface area (TPSA) is 20.2 Å². The van der Waals surface area contributed by atoms with Gasteiger partial charge in [0, 0.05) is 0 Å². The predicted octanol–water partition coefficient (Wildman–Crippen LogP) is 3.07. The maximum absolute atomic E-state index is 9.20. The van der Waals surface area contributed by atoms with Crippen LogP contribution >= 0.6 is 0 Å². The van der Waals surface area contributed by atoms with E-state index in [0.717, 1.165) is 12.0 Å². The maximum atomic E-state index is 9.20. The lowest BCUT2D eigenvalue weighted by atomic mass is 9.98. The van der Waals surface area contributed by atoms with E-state index in [-0.39, 0.29) is 0 Å². The van der Waals surface area contributed by atoms with Crippen LogP contribution in [0.1, 0.15) is 24.8 Å². The van der Waals surface area contributed by atoms with Crippen molar-refractivity contribution < 1.29 is 5.11 Å². The van der Waals surface area contributed by atoms with E-state index in [9.17, 15) is 5.11 Å². The highest BCUT2D eigenvalue weighted by Crippen LogP contribution is 2.22. The van der Waals surface area contributed by atoms with Crippen molar-refractivity contribution in [1.29, 1.82) is 0 Å². The van der Waals surface area contributed by atoms with Crippen molar-refractivity contribution in [3.8, 4) is 5.75 Å². The lowest BCUT2D eigenvalue weighted by Crippen LogP contribution is -1.90. The number of aromatic hydroxyl groups is 1. The highest BCUT2D eigenvalue weighted by molar-refractivity contribution is 5.29. The summed E-state index contributed by atoms with van der Waals surface area (Å²) in [5, 5.41) is 9.20. The van der Waals surface area contributed by atoms with Crippen molar-refractivity contribution in [2.75, 3.05) is 0 Å². The van der Waals surface area contributed by atoms with E-state index >= 15 is 0 Å². The highest BCUT2D eigenvalue weighted by Gasteiger charge is 2.02. The van der Waals surface area contributed by atoms with Gasteiger partial charge in [0.05, 0.1) is 0 Å². The van der Waals surface area contributed by atoms with Crippen LogP contribution < -0.4 is 0 Å². The van der Waals surface area contributed by atoms with E-state index in [0.29, 0.717) is 11.7 Å². The van der Waals surface area contributed by atoms with E-state index in [1.807, 2.05) is 18.2 Å². The van der Waals surface area contributed by atoms with Crippen LogP contribution in [0.25, 0.3) is 0 Å². The minimum atomic E-state index is 0.336. The van der Waals surface area contributed by atoms with Crippen molar-refractivity contribution in [3.05, 3.63) is 42.5 Å². The zero-order valence-corrected chi connectivity index (χ0v) is 7.33. The average Bonchev–Trinajstić information content (AvgIpc) is 2.05. The molecule has 12 heavy (non-hydrogen) atoms. The summed E-state index contributed by atoms with van der Waals surface area (Å²) in [4.78, 5) is 0. The van der Waals surface area contributed by atoms with Crippen LogP contribution in [0, 0.1) is 0 Å². The van der Waals surface area contributed by atoms with E-state index in [4.69, 9.17) is 0 Å². The van der Waals surface area contributed by atoms with Gasteiger partial charge in [-0.3, -0.25) is 0 Å². The van der Waals surface area contributed by atoms with Gasteiger partial charge >= 0.3 is 0 Å². The summed E-state index contributed by atoms with van der Waals surface area (Å²) >= 11 is 0. The molecule has 0 aliphatic carbocycles. The average molecular weight is 162 g/mol. The Balaban J connectivity index is 2.80. The fourth-order valence-corrected chi connectivity index (χ4v) is 1.22. The highest BCUT2D eigenvalue weighted by atomic mass is 16.3. The summed E-state index contributed by atoms with van der Waals surface area (Å²) < 4.78 is 0. The molecule has 1 N–H and O–H groups in total. The minimum absolute atomic E-state index is 0.336. The summed E-state index contributed by atoms with van der Waals surface area (Å²) in [6.45, 7) is 5.81. The number of hydrogen-bond donors (Lipinski definition) is 1. The Morgan fingerprint density at radius 2 is 2.33 bits per heavy atom. The maximum Gasteiger partial charge on any atom is 0.115 e. The first-order chi connectivity index (χ1) is 5.74. The van der Waals surface area contributed by atoms with Crippen LogP contribution in [0.5, 0.6) is 5.75 Å². The van der Waals surface area contributed by atoms with Crippen LogP contribution in [0.4, 0.5) is 0 Å². The zero-order valence-electron chi connectivity index (χ0n) is 7.33. The number of phenols is 1. The van der Waals surface area contributed by atoms with Gasteiger partial charge in [-0.05, 0) is 30.0 Å². The fraction of sp³-hybridized carbons (Fsp3) is 0.273. The number of benzene rings is 1. The summed E-state index contributed by atoms with van der Waals surface area (Å²) in [7, 11) is 0. The quantitative estimate of drug-likeness (QED) is 0.677. The molecule has 0 fully saturated rings. The van der Waals surface area contributed by atoms with Gasteiger partial charge in [-0.15, -0.1) is 6.58 Å². The van der Waals surface area contributed by atoms with Crippen LogP contribution in [0.2, 0.25) is 0 Å². The third-order valence-electron chi connectivity index (χ3n) is 1.96. The number of phenolic OH excluding ortho intramolecular Hbond substituents is 1. The summed E-state index contributed by atoms with van der Waals surface area (Å²) in [5.41, 5.74) is 1.16. The Bertz CT molecular complexity index is 265. The van der Waals surface area contributed by atoms with E-state index in [1.165, 1.54) is 0 Å². The number of hydrogen-bond acceptors (Lipinski definition) is 1. The fourth-order valence-electron chi connectivity index (χ4n) is 1.22. The monoisotopic (exact) mass is 162 g/mol. The molecule has 0 aromatic heterocycles. The zero-order chi connectivity index (χ0) is 8.97. The molecule has 0 amide bonds. The Hall–Kier alpha value is -1.24. The lowest BCUT2D eigenvalue weighted by Gasteiger charge is -2.08. The molecule has 1 aromatic rings. The van der Waals surface area contributed by atoms with Gasteiger partial charge in [-0.25, -0.2) is 0 Å². The molecular formula is C11H14O. The van der Waals surface area contributed by atoms with Gasteiger partial charge in [0.15, 0.2) is 0 Å². The van der Waals surface area contributed by atoms with Crippen molar-refractivity contribution in [2.45, 2.75) is 19.3 Å². The first-order valence-electron chi connectivity index (χ1n) is 4.14. The van der Waals surface area contributed by atoms with Gasteiger partial charge in [0.25, 0.3) is 0 Å². The summed E-state index contributed by atoms with van der Waals surface area (Å²) in [6.07, 6.45) is 2.85. The standard InChI is InChI=1S/C11H14O/c1-3-5-9(2)10-6-4-7-11(12)8-10/h3-4,6-9,12H,1,5H2,2H3. The second kappa shape index (κ2) is 3.96. The molecular weight excluding hydrogens is 148 g/mol. The smallest absolute Gasteiger partial charge is 0.115 e. The SMILES string of the molecule is C=CCC(C)c1cccc(O)c1.